The Hall–Kier alpha value is -4.26. The first-order chi connectivity index (χ1) is 20.5. The summed E-state index contributed by atoms with van der Waals surface area (Å²) >= 11 is 0. The summed E-state index contributed by atoms with van der Waals surface area (Å²) in [6, 6.07) is 2.34. The number of aliphatic hydroxyl groups excluding tert-OH is 2. The smallest absolute Gasteiger partial charge is 0.306 e. The monoisotopic (exact) mass is 600 g/mol. The molecule has 0 aromatic rings. The van der Waals surface area contributed by atoms with Crippen molar-refractivity contribution in [2.75, 3.05) is 20.0 Å². The lowest BCUT2D eigenvalue weighted by Crippen LogP contribution is -2.27. The molecule has 1 amide bonds. The molecule has 0 heterocycles. The van der Waals surface area contributed by atoms with Crippen molar-refractivity contribution in [3.8, 4) is 83.0 Å². The molecule has 250 valence electrons. The van der Waals surface area contributed by atoms with Crippen molar-refractivity contribution in [1.29, 1.82) is 0 Å². The van der Waals surface area contributed by atoms with E-state index in [1.807, 2.05) is 0 Å². The Kier molecular flexibility index (Phi) is 33.0. The topological polar surface area (TPSA) is 105 Å². The van der Waals surface area contributed by atoms with Gasteiger partial charge < -0.3 is 19.7 Å². The van der Waals surface area contributed by atoms with Gasteiger partial charge in [0.05, 0.1) is 13.2 Å². The number of aliphatic hydroxyl groups is 2. The number of amides is 1. The molecule has 1 atom stereocenters. The fourth-order valence-corrected chi connectivity index (χ4v) is 3.01. The first-order valence-electron chi connectivity index (χ1n) is 14.2. The van der Waals surface area contributed by atoms with E-state index in [4.69, 9.17) is 19.7 Å². The molecule has 0 aromatic heterocycles. The van der Waals surface area contributed by atoms with Gasteiger partial charge >= 0.3 is 5.97 Å². The molecule has 3 N–H and O–H groups in total. The van der Waals surface area contributed by atoms with Gasteiger partial charge in [-0.25, -0.2) is 0 Å². The molecule has 0 saturated carbocycles. The van der Waals surface area contributed by atoms with Crippen molar-refractivity contribution in [1.82, 2.24) is 5.32 Å². The summed E-state index contributed by atoms with van der Waals surface area (Å²) in [4.78, 5) is 22.0. The van der Waals surface area contributed by atoms with Crippen LogP contribution >= 0.6 is 0 Å². The van der Waals surface area contributed by atoms with E-state index in [0.717, 1.165) is 12.8 Å². The lowest BCUT2D eigenvalue weighted by molar-refractivity contribution is -0.157. The largest absolute Gasteiger partial charge is 0.457 e. The Morgan fingerprint density at radius 3 is 1.60 bits per heavy atom. The maximum absolute atomic E-state index is 11.6. The van der Waals surface area contributed by atoms with Crippen LogP contribution in [0.1, 0.15) is 116 Å². The van der Waals surface area contributed by atoms with Crippen molar-refractivity contribution >= 4 is 11.9 Å². The third kappa shape index (κ3) is 35.7. The highest BCUT2D eigenvalue weighted by Gasteiger charge is 2.13. The van der Waals surface area contributed by atoms with Gasteiger partial charge in [-0.3, -0.25) is 14.9 Å². The van der Waals surface area contributed by atoms with Crippen LogP contribution in [0.25, 0.3) is 0 Å². The van der Waals surface area contributed by atoms with Gasteiger partial charge in [0.15, 0.2) is 0 Å². The van der Waals surface area contributed by atoms with Crippen molar-refractivity contribution in [3.63, 3.8) is 0 Å². The highest BCUT2D eigenvalue weighted by molar-refractivity contribution is 5.75. The van der Waals surface area contributed by atoms with Gasteiger partial charge in [-0.15, -0.1) is 0 Å². The molecule has 0 aliphatic heterocycles. The number of rotatable bonds is 17. The number of carbonyl (C=O) groups is 2. The highest BCUT2D eigenvalue weighted by Crippen LogP contribution is 2.12. The van der Waals surface area contributed by atoms with Crippen molar-refractivity contribution in [2.24, 2.45) is 0 Å². The lowest BCUT2D eigenvalue weighted by Gasteiger charge is -2.14. The molecule has 0 rings (SSSR count). The van der Waals surface area contributed by atoms with E-state index in [1.54, 1.807) is 6.92 Å². The number of carbonyl (C=O) groups excluding carboxylic acids is 2. The quantitative estimate of drug-likeness (QED) is 0.0553. The molecular weight excluding hydrogens is 530 g/mol. The van der Waals surface area contributed by atoms with Gasteiger partial charge in [-0.1, -0.05) is 77.1 Å². The van der Waals surface area contributed by atoms with Crippen LogP contribution in [-0.2, 0) is 19.1 Å². The summed E-state index contributed by atoms with van der Waals surface area (Å²) in [6.45, 7) is 4.59. The zero-order valence-corrected chi connectivity index (χ0v) is 25.2. The summed E-state index contributed by atoms with van der Waals surface area (Å²) < 4.78 is 9.79. The van der Waals surface area contributed by atoms with E-state index in [0.29, 0.717) is 6.42 Å². The predicted octanol–water partition coefficient (Wildman–Crippen LogP) is 6.88. The second-order valence-electron chi connectivity index (χ2n) is 8.64. The van der Waals surface area contributed by atoms with E-state index in [1.165, 1.54) is 64.7 Å². The fraction of sp³-hybridized carbons (Fsp3) is 0.543. The van der Waals surface area contributed by atoms with E-state index >= 15 is 0 Å². The van der Waals surface area contributed by atoms with Crippen LogP contribution in [0.4, 0.5) is 0 Å². The lowest BCUT2D eigenvalue weighted by atomic mass is 10.1. The molecular formula is C35H69NO6. The van der Waals surface area contributed by atoms with E-state index in [2.05, 4.69) is 95.3 Å². The van der Waals surface area contributed by atoms with Crippen molar-refractivity contribution in [3.05, 3.63) is 0 Å². The standard InChI is InChI=1S/C18H36O5.C17H7NO.13H2/c1-2-3-4-5-6-7-8-9-10-11-12-13-18(21)23-17(14-19)15-22-16-20;1-3-4-5-6-7-8-9-10-11-12-13-14-15-16-18-17(2)19;;;;;;;;;;;;;/h17,19-20H,2-16H2,1H3;1-2H3,(H,18,19);13*1H/t17-;;;;;;;;;;;;;;/m1............../s1. The van der Waals surface area contributed by atoms with Gasteiger partial charge in [-0.2, -0.15) is 0 Å². The third-order valence-electron chi connectivity index (χ3n) is 4.99. The molecule has 7 heteroatoms. The maximum Gasteiger partial charge on any atom is 0.306 e. The molecule has 0 spiro atoms. The Morgan fingerprint density at radius 1 is 0.714 bits per heavy atom. The van der Waals surface area contributed by atoms with Crippen molar-refractivity contribution < 1.29 is 47.8 Å². The molecule has 0 fully saturated rings. The molecule has 7 nitrogen and oxygen atoms in total. The van der Waals surface area contributed by atoms with E-state index in [-0.39, 0.29) is 43.6 Å². The molecule has 42 heavy (non-hydrogen) atoms. The molecule has 0 aliphatic rings. The van der Waals surface area contributed by atoms with Gasteiger partial charge in [0.1, 0.15) is 12.9 Å². The van der Waals surface area contributed by atoms with E-state index in [9.17, 15) is 9.59 Å². The number of esters is 1. The van der Waals surface area contributed by atoms with Crippen LogP contribution < -0.4 is 5.32 Å². The third-order valence-corrected chi connectivity index (χ3v) is 4.99. The van der Waals surface area contributed by atoms with Gasteiger partial charge in [0.2, 0.25) is 5.91 Å². The molecule has 0 aromatic carbocycles. The highest BCUT2D eigenvalue weighted by atomic mass is 16.6. The number of ether oxygens (including phenoxy) is 2. The Labute approximate surface area is 272 Å². The van der Waals surface area contributed by atoms with Crippen LogP contribution in [0.2, 0.25) is 0 Å². The minimum Gasteiger partial charge on any atom is -0.457 e. The van der Waals surface area contributed by atoms with Crippen LogP contribution in [0.5, 0.6) is 0 Å². The molecule has 0 unspecified atom stereocenters. The van der Waals surface area contributed by atoms with E-state index < -0.39 is 12.9 Å². The first-order valence-corrected chi connectivity index (χ1v) is 14.2. The molecule has 0 saturated heterocycles. The summed E-state index contributed by atoms with van der Waals surface area (Å²) in [6.07, 6.45) is 13.4. The maximum atomic E-state index is 11.6. The zero-order chi connectivity index (χ0) is 31.4. The number of hydrogen-bond acceptors (Lipinski definition) is 6. The minimum atomic E-state index is -0.678. The fourth-order valence-electron chi connectivity index (χ4n) is 3.01. The van der Waals surface area contributed by atoms with Crippen LogP contribution in [-0.4, -0.2) is 48.2 Å². The molecule has 0 bridgehead atoms. The Balaban J connectivity index is -0.0000000365. The van der Waals surface area contributed by atoms with Gasteiger partial charge in [-0.05, 0) is 48.9 Å². The Bertz CT molecular complexity index is 1230. The predicted molar refractivity (Wildman–Crippen MR) is 192 cm³/mol. The molecule has 0 aliphatic carbocycles. The van der Waals surface area contributed by atoms with Crippen molar-refractivity contribution in [2.45, 2.75) is 104 Å². The van der Waals surface area contributed by atoms with Gasteiger partial charge in [0.25, 0.3) is 0 Å². The first kappa shape index (κ1) is 39.9. The van der Waals surface area contributed by atoms with Gasteiger partial charge in [0, 0.05) is 73.5 Å². The summed E-state index contributed by atoms with van der Waals surface area (Å²) in [5, 5.41) is 19.8. The number of hydrogen-bond donors (Lipinski definition) is 3. The minimum absolute atomic E-state index is 0. The average molecular weight is 600 g/mol. The van der Waals surface area contributed by atoms with Crippen LogP contribution in [0, 0.1) is 83.0 Å². The SMILES string of the molecule is CC#CC#CC#CC#CC#CC#CC#CNC(C)=O.CCCCCCCCCCCCCC(=O)O[C@H](CO)COCO.[HH].[HH].[HH].[HH].[HH].[HH].[HH].[HH].[HH].[HH].[HH].[HH].[HH]. The number of unbranched alkanes of at least 4 members (excludes halogenated alkanes) is 10. The summed E-state index contributed by atoms with van der Waals surface area (Å²) in [7, 11) is 0. The average Bonchev–Trinajstić information content (AvgIpc) is 2.98. The summed E-state index contributed by atoms with van der Waals surface area (Å²) in [5.41, 5.74) is 0. The van der Waals surface area contributed by atoms with Crippen LogP contribution in [0.3, 0.4) is 0 Å². The second kappa shape index (κ2) is 34.8. The van der Waals surface area contributed by atoms with Crippen LogP contribution in [0.15, 0.2) is 0 Å². The molecule has 0 radical (unpaired) electrons. The normalized spacial score (nSPS) is 8.88. The Morgan fingerprint density at radius 2 is 1.17 bits per heavy atom. The summed E-state index contributed by atoms with van der Waals surface area (Å²) in [5.74, 6) is 31.8. The zero-order valence-electron chi connectivity index (χ0n) is 25.2. The second-order valence-corrected chi connectivity index (χ2v) is 8.64. The number of nitrogens with one attached hydrogen (secondary N) is 1.